The summed E-state index contributed by atoms with van der Waals surface area (Å²) in [5.74, 6) is 0.734. The van der Waals surface area contributed by atoms with Crippen molar-refractivity contribution in [2.45, 2.75) is 31.7 Å². The van der Waals surface area contributed by atoms with Crippen LogP contribution in [0.2, 0.25) is 0 Å². The van der Waals surface area contributed by atoms with Gasteiger partial charge in [-0.15, -0.1) is 0 Å². The molecule has 1 N–H and O–H groups in total. The van der Waals surface area contributed by atoms with Gasteiger partial charge in [0.2, 0.25) is 0 Å². The number of benzene rings is 1. The summed E-state index contributed by atoms with van der Waals surface area (Å²) in [6, 6.07) is 11.5. The zero-order valence-electron chi connectivity index (χ0n) is 8.16. The molecule has 1 nitrogen and oxygen atoms in total. The van der Waals surface area contributed by atoms with Crippen LogP contribution in [-0.2, 0) is 0 Å². The van der Waals surface area contributed by atoms with Crippen molar-refractivity contribution in [1.82, 2.24) is 5.32 Å². The lowest BCUT2D eigenvalue weighted by molar-refractivity contribution is 0.385. The Bertz CT molecular complexity index is 247. The molecule has 1 aliphatic rings. The van der Waals surface area contributed by atoms with Crippen LogP contribution in [0.25, 0.3) is 0 Å². The maximum Gasteiger partial charge on any atom is 0.00391 e. The van der Waals surface area contributed by atoms with E-state index in [-0.39, 0.29) is 0 Å². The molecule has 0 radical (unpaired) electrons. The standard InChI is InChI=1S/C12H17N/c1-10-7-8-12(9-13-10)11-5-3-2-4-6-11/h2-6,10,12-13H,7-9H2,1H3. The van der Waals surface area contributed by atoms with Crippen LogP contribution >= 0.6 is 0 Å². The fourth-order valence-corrected chi connectivity index (χ4v) is 2.01. The van der Waals surface area contributed by atoms with E-state index < -0.39 is 0 Å². The molecular weight excluding hydrogens is 158 g/mol. The van der Waals surface area contributed by atoms with Crippen LogP contribution in [0.4, 0.5) is 0 Å². The molecule has 0 bridgehead atoms. The zero-order chi connectivity index (χ0) is 9.10. The summed E-state index contributed by atoms with van der Waals surface area (Å²) in [4.78, 5) is 0. The van der Waals surface area contributed by atoms with Crippen molar-refractivity contribution >= 4 is 0 Å². The number of nitrogens with one attached hydrogen (secondary N) is 1. The predicted molar refractivity (Wildman–Crippen MR) is 55.9 cm³/mol. The molecule has 1 aromatic rings. The van der Waals surface area contributed by atoms with Gasteiger partial charge >= 0.3 is 0 Å². The average Bonchev–Trinajstić information content (AvgIpc) is 2.20. The molecule has 13 heavy (non-hydrogen) atoms. The maximum atomic E-state index is 3.53. The monoisotopic (exact) mass is 175 g/mol. The summed E-state index contributed by atoms with van der Waals surface area (Å²) in [7, 11) is 0. The SMILES string of the molecule is CC1CCC(c2ccccc2)CN1. The molecule has 1 fully saturated rings. The van der Waals surface area contributed by atoms with Crippen molar-refractivity contribution in [3.63, 3.8) is 0 Å². The Morgan fingerprint density at radius 1 is 1.15 bits per heavy atom. The second kappa shape index (κ2) is 3.93. The lowest BCUT2D eigenvalue weighted by Gasteiger charge is -2.27. The molecule has 0 spiro atoms. The maximum absolute atomic E-state index is 3.53. The Labute approximate surface area is 80.2 Å². The third-order valence-corrected chi connectivity index (χ3v) is 2.93. The van der Waals surface area contributed by atoms with Crippen LogP contribution in [0.1, 0.15) is 31.2 Å². The van der Waals surface area contributed by atoms with Gasteiger partial charge in [-0.25, -0.2) is 0 Å². The highest BCUT2D eigenvalue weighted by molar-refractivity contribution is 5.20. The van der Waals surface area contributed by atoms with Crippen molar-refractivity contribution in [2.75, 3.05) is 6.54 Å². The third kappa shape index (κ3) is 2.10. The van der Waals surface area contributed by atoms with Crippen molar-refractivity contribution < 1.29 is 0 Å². The fraction of sp³-hybridized carbons (Fsp3) is 0.500. The van der Waals surface area contributed by atoms with E-state index in [1.54, 1.807) is 0 Å². The van der Waals surface area contributed by atoms with E-state index in [0.717, 1.165) is 12.5 Å². The highest BCUT2D eigenvalue weighted by atomic mass is 14.9. The number of hydrogen-bond donors (Lipinski definition) is 1. The molecule has 1 heterocycles. The molecule has 1 saturated heterocycles. The van der Waals surface area contributed by atoms with E-state index in [2.05, 4.69) is 42.6 Å². The van der Waals surface area contributed by atoms with Crippen LogP contribution in [-0.4, -0.2) is 12.6 Å². The summed E-state index contributed by atoms with van der Waals surface area (Å²) >= 11 is 0. The Morgan fingerprint density at radius 2 is 1.92 bits per heavy atom. The smallest absolute Gasteiger partial charge is 0.00391 e. The first kappa shape index (κ1) is 8.76. The van der Waals surface area contributed by atoms with Gasteiger partial charge in [-0.05, 0) is 31.2 Å². The Morgan fingerprint density at radius 3 is 2.54 bits per heavy atom. The largest absolute Gasteiger partial charge is 0.314 e. The van der Waals surface area contributed by atoms with Crippen molar-refractivity contribution in [2.24, 2.45) is 0 Å². The minimum atomic E-state index is 0.708. The minimum Gasteiger partial charge on any atom is -0.314 e. The number of hydrogen-bond acceptors (Lipinski definition) is 1. The molecular formula is C12H17N. The van der Waals surface area contributed by atoms with Gasteiger partial charge in [0.05, 0.1) is 0 Å². The normalized spacial score (nSPS) is 28.7. The van der Waals surface area contributed by atoms with Gasteiger partial charge in [0.15, 0.2) is 0 Å². The van der Waals surface area contributed by atoms with Gasteiger partial charge in [0, 0.05) is 12.6 Å². The molecule has 0 amide bonds. The zero-order valence-corrected chi connectivity index (χ0v) is 8.16. The second-order valence-electron chi connectivity index (χ2n) is 3.99. The third-order valence-electron chi connectivity index (χ3n) is 2.93. The Hall–Kier alpha value is -0.820. The van der Waals surface area contributed by atoms with E-state index in [9.17, 15) is 0 Å². The van der Waals surface area contributed by atoms with Gasteiger partial charge in [0.1, 0.15) is 0 Å². The topological polar surface area (TPSA) is 12.0 Å². The Balaban J connectivity index is 2.03. The van der Waals surface area contributed by atoms with Crippen LogP contribution in [0.3, 0.4) is 0 Å². The van der Waals surface area contributed by atoms with Crippen LogP contribution in [0, 0.1) is 0 Å². The van der Waals surface area contributed by atoms with Gasteiger partial charge in [0.25, 0.3) is 0 Å². The molecule has 0 aromatic heterocycles. The summed E-state index contributed by atoms with van der Waals surface area (Å²) in [6.07, 6.45) is 2.64. The number of piperidine rings is 1. The van der Waals surface area contributed by atoms with Gasteiger partial charge < -0.3 is 5.32 Å². The van der Waals surface area contributed by atoms with Gasteiger partial charge in [-0.3, -0.25) is 0 Å². The highest BCUT2D eigenvalue weighted by Crippen LogP contribution is 2.24. The summed E-state index contributed by atoms with van der Waals surface area (Å²) in [5, 5.41) is 3.53. The van der Waals surface area contributed by atoms with Crippen molar-refractivity contribution in [1.29, 1.82) is 0 Å². The minimum absolute atomic E-state index is 0.708. The average molecular weight is 175 g/mol. The molecule has 0 aliphatic carbocycles. The molecule has 1 aliphatic heterocycles. The molecule has 2 rings (SSSR count). The summed E-state index contributed by atoms with van der Waals surface area (Å²) < 4.78 is 0. The lowest BCUT2D eigenvalue weighted by Crippen LogP contribution is -2.35. The van der Waals surface area contributed by atoms with E-state index in [1.165, 1.54) is 18.4 Å². The first-order valence-corrected chi connectivity index (χ1v) is 5.14. The quantitative estimate of drug-likeness (QED) is 0.691. The van der Waals surface area contributed by atoms with Crippen LogP contribution in [0.5, 0.6) is 0 Å². The van der Waals surface area contributed by atoms with Crippen molar-refractivity contribution in [3.05, 3.63) is 35.9 Å². The Kier molecular flexibility index (Phi) is 2.65. The summed E-state index contributed by atoms with van der Waals surface area (Å²) in [6.45, 7) is 3.41. The van der Waals surface area contributed by atoms with Crippen LogP contribution in [0.15, 0.2) is 30.3 Å². The molecule has 0 saturated carbocycles. The second-order valence-corrected chi connectivity index (χ2v) is 3.99. The van der Waals surface area contributed by atoms with E-state index in [0.29, 0.717) is 6.04 Å². The molecule has 1 heteroatoms. The predicted octanol–water partition coefficient (Wildman–Crippen LogP) is 2.54. The molecule has 2 unspecified atom stereocenters. The van der Waals surface area contributed by atoms with E-state index >= 15 is 0 Å². The first-order chi connectivity index (χ1) is 6.36. The van der Waals surface area contributed by atoms with E-state index in [4.69, 9.17) is 0 Å². The van der Waals surface area contributed by atoms with Crippen molar-refractivity contribution in [3.8, 4) is 0 Å². The number of rotatable bonds is 1. The van der Waals surface area contributed by atoms with E-state index in [1.807, 2.05) is 0 Å². The molecule has 1 aromatic carbocycles. The summed E-state index contributed by atoms with van der Waals surface area (Å²) in [5.41, 5.74) is 1.49. The van der Waals surface area contributed by atoms with Gasteiger partial charge in [-0.2, -0.15) is 0 Å². The molecule has 70 valence electrons. The molecule has 2 atom stereocenters. The van der Waals surface area contributed by atoms with Crippen LogP contribution < -0.4 is 5.32 Å². The first-order valence-electron chi connectivity index (χ1n) is 5.14. The van der Waals surface area contributed by atoms with Gasteiger partial charge in [-0.1, -0.05) is 30.3 Å². The fourth-order valence-electron chi connectivity index (χ4n) is 2.01. The lowest BCUT2D eigenvalue weighted by atomic mass is 9.89. The highest BCUT2D eigenvalue weighted by Gasteiger charge is 2.18.